The molecule has 112 valence electrons. The summed E-state index contributed by atoms with van der Waals surface area (Å²) in [7, 11) is 0. The maximum absolute atomic E-state index is 14.1. The van der Waals surface area contributed by atoms with E-state index in [1.807, 2.05) is 0 Å². The Morgan fingerprint density at radius 2 is 1.74 bits per heavy atom. The van der Waals surface area contributed by atoms with Crippen LogP contribution in [0.3, 0.4) is 0 Å². The van der Waals surface area contributed by atoms with Crippen LogP contribution in [0, 0.1) is 26.6 Å². The smallest absolute Gasteiger partial charge is 0.545 e. The standard InChI is InChI=1S/C15H13FN4O2.Na/c1-7-5-20-6-10(4-11(16)14(20)17-7)13-18-8(2)12(15(21)22)9(3)19-13;/h4-6H,1-3H3,(H,21,22);/q;+1/p-1. The van der Waals surface area contributed by atoms with Crippen molar-refractivity contribution in [3.05, 3.63) is 46.9 Å². The summed E-state index contributed by atoms with van der Waals surface area (Å²) in [4.78, 5) is 23.4. The first-order valence-electron chi connectivity index (χ1n) is 6.58. The van der Waals surface area contributed by atoms with Crippen LogP contribution in [0.25, 0.3) is 17.0 Å². The Balaban J connectivity index is 0.00000192. The van der Waals surface area contributed by atoms with Crippen LogP contribution in [0.1, 0.15) is 27.4 Å². The van der Waals surface area contributed by atoms with Crippen molar-refractivity contribution in [3.8, 4) is 11.4 Å². The second-order valence-electron chi connectivity index (χ2n) is 5.07. The molecule has 0 unspecified atom stereocenters. The van der Waals surface area contributed by atoms with E-state index in [0.29, 0.717) is 11.3 Å². The molecule has 0 aliphatic rings. The van der Waals surface area contributed by atoms with Crippen molar-refractivity contribution >= 4 is 11.6 Å². The minimum Gasteiger partial charge on any atom is -0.545 e. The molecule has 0 aliphatic heterocycles. The quantitative estimate of drug-likeness (QED) is 0.521. The van der Waals surface area contributed by atoms with Gasteiger partial charge in [0.1, 0.15) is 0 Å². The predicted molar refractivity (Wildman–Crippen MR) is 74.7 cm³/mol. The molecule has 0 radical (unpaired) electrons. The molecule has 8 heteroatoms. The van der Waals surface area contributed by atoms with Crippen molar-refractivity contribution in [2.45, 2.75) is 20.8 Å². The molecule has 0 saturated heterocycles. The molecule has 3 rings (SSSR count). The van der Waals surface area contributed by atoms with Gasteiger partial charge in [0.05, 0.1) is 23.1 Å². The summed E-state index contributed by atoms with van der Waals surface area (Å²) in [5.41, 5.74) is 1.88. The average molecular weight is 322 g/mol. The maximum Gasteiger partial charge on any atom is 1.00 e. The van der Waals surface area contributed by atoms with Crippen molar-refractivity contribution in [1.29, 1.82) is 0 Å². The summed E-state index contributed by atoms with van der Waals surface area (Å²) in [5, 5.41) is 11.1. The number of carboxylic acids is 1. The van der Waals surface area contributed by atoms with E-state index in [1.165, 1.54) is 6.07 Å². The van der Waals surface area contributed by atoms with E-state index >= 15 is 0 Å². The van der Waals surface area contributed by atoms with E-state index in [4.69, 9.17) is 0 Å². The van der Waals surface area contributed by atoms with Crippen molar-refractivity contribution in [2.75, 3.05) is 0 Å². The van der Waals surface area contributed by atoms with E-state index in [1.54, 1.807) is 37.6 Å². The van der Waals surface area contributed by atoms with E-state index < -0.39 is 11.8 Å². The fourth-order valence-corrected chi connectivity index (χ4v) is 2.44. The van der Waals surface area contributed by atoms with Gasteiger partial charge >= 0.3 is 29.6 Å². The summed E-state index contributed by atoms with van der Waals surface area (Å²) < 4.78 is 15.7. The molecule has 23 heavy (non-hydrogen) atoms. The molecule has 3 heterocycles. The molecule has 0 N–H and O–H groups in total. The average Bonchev–Trinajstić information content (AvgIpc) is 2.78. The number of aryl methyl sites for hydroxylation is 3. The number of rotatable bonds is 2. The summed E-state index contributed by atoms with van der Waals surface area (Å²) >= 11 is 0. The Hall–Kier alpha value is -1.83. The molecule has 3 aromatic rings. The van der Waals surface area contributed by atoms with Crippen LogP contribution in [0.5, 0.6) is 0 Å². The van der Waals surface area contributed by atoms with Gasteiger partial charge in [-0.1, -0.05) is 0 Å². The monoisotopic (exact) mass is 322 g/mol. The molecule has 0 atom stereocenters. The van der Waals surface area contributed by atoms with Crippen LogP contribution >= 0.6 is 0 Å². The number of hydrogen-bond acceptors (Lipinski definition) is 5. The molecular formula is C15H12FN4NaO2. The number of imidazole rings is 1. The van der Waals surface area contributed by atoms with Gasteiger partial charge in [0.2, 0.25) is 0 Å². The number of halogens is 1. The third-order valence-corrected chi connectivity index (χ3v) is 3.36. The van der Waals surface area contributed by atoms with E-state index in [-0.39, 0.29) is 58.0 Å². The number of carbonyl (C=O) groups is 1. The van der Waals surface area contributed by atoms with Gasteiger partial charge in [0.15, 0.2) is 17.3 Å². The molecular weight excluding hydrogens is 310 g/mol. The largest absolute Gasteiger partial charge is 1.00 e. The molecule has 0 fully saturated rings. The zero-order chi connectivity index (χ0) is 16.0. The number of carboxylic acid groups (broad SMARTS) is 1. The van der Waals surface area contributed by atoms with Crippen molar-refractivity contribution in [2.24, 2.45) is 0 Å². The van der Waals surface area contributed by atoms with Crippen LogP contribution in [-0.2, 0) is 0 Å². The second-order valence-corrected chi connectivity index (χ2v) is 5.07. The van der Waals surface area contributed by atoms with E-state index in [0.717, 1.165) is 0 Å². The van der Waals surface area contributed by atoms with E-state index in [2.05, 4.69) is 15.0 Å². The number of aromatic nitrogens is 4. The first kappa shape index (κ1) is 17.5. The number of fused-ring (bicyclic) bond motifs is 1. The minimum atomic E-state index is -1.33. The Bertz CT molecular complexity index is 900. The molecule has 6 nitrogen and oxygen atoms in total. The van der Waals surface area contributed by atoms with E-state index in [9.17, 15) is 14.3 Å². The zero-order valence-corrected chi connectivity index (χ0v) is 15.2. The number of hydrogen-bond donors (Lipinski definition) is 0. The second kappa shape index (κ2) is 6.35. The summed E-state index contributed by atoms with van der Waals surface area (Å²) in [5.74, 6) is -1.56. The fraction of sp³-hybridized carbons (Fsp3) is 0.200. The first-order valence-corrected chi connectivity index (χ1v) is 6.58. The molecule has 0 aliphatic carbocycles. The molecule has 0 saturated carbocycles. The SMILES string of the molecule is Cc1cn2cc(-c3nc(C)c(C(=O)[O-])c(C)n3)cc(F)c2n1.[Na+]. The molecule has 0 amide bonds. The van der Waals surface area contributed by atoms with Gasteiger partial charge in [-0.3, -0.25) is 0 Å². The third-order valence-electron chi connectivity index (χ3n) is 3.36. The summed E-state index contributed by atoms with van der Waals surface area (Å²) in [6.45, 7) is 4.88. The van der Waals surface area contributed by atoms with Crippen LogP contribution in [0.2, 0.25) is 0 Å². The number of carbonyl (C=O) groups excluding carboxylic acids is 1. The van der Waals surface area contributed by atoms with Crippen LogP contribution in [0.4, 0.5) is 4.39 Å². The van der Waals surface area contributed by atoms with Gasteiger partial charge in [0, 0.05) is 23.5 Å². The fourth-order valence-electron chi connectivity index (χ4n) is 2.44. The number of nitrogens with zero attached hydrogens (tertiary/aromatic N) is 4. The zero-order valence-electron chi connectivity index (χ0n) is 13.2. The minimum absolute atomic E-state index is 0. The Labute approximate surface area is 153 Å². The Morgan fingerprint density at radius 3 is 2.30 bits per heavy atom. The maximum atomic E-state index is 14.1. The summed E-state index contributed by atoms with van der Waals surface area (Å²) in [6.07, 6.45) is 3.35. The van der Waals surface area contributed by atoms with Crippen LogP contribution in [0.15, 0.2) is 18.5 Å². The van der Waals surface area contributed by atoms with Crippen LogP contribution in [-0.4, -0.2) is 25.3 Å². The normalized spacial score (nSPS) is 10.6. The van der Waals surface area contributed by atoms with Crippen molar-refractivity contribution < 1.29 is 43.8 Å². The van der Waals surface area contributed by atoms with Gasteiger partial charge in [-0.15, -0.1) is 0 Å². The van der Waals surface area contributed by atoms with Crippen molar-refractivity contribution in [1.82, 2.24) is 19.4 Å². The number of aromatic carboxylic acids is 1. The third kappa shape index (κ3) is 3.12. The Kier molecular flexibility index (Phi) is 4.84. The van der Waals surface area contributed by atoms with Gasteiger partial charge in [0.25, 0.3) is 0 Å². The molecule has 3 aromatic heterocycles. The van der Waals surface area contributed by atoms with Crippen LogP contribution < -0.4 is 34.7 Å². The number of pyridine rings is 1. The molecule has 0 bridgehead atoms. The predicted octanol–water partition coefficient (Wildman–Crippen LogP) is -1.78. The van der Waals surface area contributed by atoms with Gasteiger partial charge in [-0.2, -0.15) is 0 Å². The topological polar surface area (TPSA) is 83.2 Å². The van der Waals surface area contributed by atoms with Gasteiger partial charge in [-0.05, 0) is 26.8 Å². The molecule has 0 spiro atoms. The van der Waals surface area contributed by atoms with Gasteiger partial charge in [-0.25, -0.2) is 19.3 Å². The van der Waals surface area contributed by atoms with Gasteiger partial charge < -0.3 is 14.3 Å². The molecule has 0 aromatic carbocycles. The summed E-state index contributed by atoms with van der Waals surface area (Å²) in [6, 6.07) is 1.29. The Morgan fingerprint density at radius 1 is 1.13 bits per heavy atom. The van der Waals surface area contributed by atoms with Crippen molar-refractivity contribution in [3.63, 3.8) is 0 Å². The first-order chi connectivity index (χ1) is 10.4.